The Morgan fingerprint density at radius 2 is 1.44 bits per heavy atom. The number of hydrogen-bond donors (Lipinski definition) is 0. The quantitative estimate of drug-likeness (QED) is 0.306. The lowest BCUT2D eigenvalue weighted by Crippen LogP contribution is -2.43. The van der Waals surface area contributed by atoms with Gasteiger partial charge in [-0.3, -0.25) is 0 Å². The lowest BCUT2D eigenvalue weighted by Gasteiger charge is -2.08. The van der Waals surface area contributed by atoms with Crippen LogP contribution >= 0.6 is 0 Å². The molecule has 6 rings (SSSR count). The van der Waals surface area contributed by atoms with Crippen molar-refractivity contribution in [2.24, 2.45) is 0 Å². The van der Waals surface area contributed by atoms with Gasteiger partial charge in [-0.1, -0.05) is 36.4 Å². The smallest absolute Gasteiger partial charge is 0.181 e. The van der Waals surface area contributed by atoms with Gasteiger partial charge in [0.05, 0.1) is 10.9 Å². The van der Waals surface area contributed by atoms with Crippen LogP contribution in [0.3, 0.4) is 0 Å². The van der Waals surface area contributed by atoms with Crippen LogP contribution in [0.1, 0.15) is 17.3 Å². The molecule has 0 bridgehead atoms. The number of pyridine rings is 3. The van der Waals surface area contributed by atoms with Crippen molar-refractivity contribution < 1.29 is 8.97 Å². The molecule has 1 aliphatic heterocycles. The van der Waals surface area contributed by atoms with Crippen molar-refractivity contribution in [3.05, 3.63) is 115 Å². The van der Waals surface area contributed by atoms with Gasteiger partial charge in [0.25, 0.3) is 11.7 Å². The van der Waals surface area contributed by atoms with Crippen molar-refractivity contribution in [3.63, 3.8) is 0 Å². The van der Waals surface area contributed by atoms with Crippen LogP contribution < -0.4 is 8.97 Å². The summed E-state index contributed by atoms with van der Waals surface area (Å²) in [4.78, 5) is 0. The molecule has 0 amide bonds. The fraction of sp³-hybridized carbons (Fsp3) is 0.0400. The minimum absolute atomic E-state index is 0.164. The average Bonchev–Trinajstić information content (AvgIpc) is 3.08. The Hall–Kier alpha value is -3.52. The van der Waals surface area contributed by atoms with Crippen molar-refractivity contribution >= 4 is 16.3 Å². The predicted octanol–water partition coefficient (Wildman–Crippen LogP) is 4.48. The highest BCUT2D eigenvalue weighted by Crippen LogP contribution is 2.36. The SMILES string of the molecule is c1ccc2c(c1)-c1cccc[n+]1[C@H]2c1cc2ccccc2c2cccc[n+]12. The first-order chi connectivity index (χ1) is 13.4. The van der Waals surface area contributed by atoms with Crippen molar-refractivity contribution in [3.8, 4) is 11.3 Å². The van der Waals surface area contributed by atoms with Gasteiger partial charge in [-0.15, -0.1) is 0 Å². The highest BCUT2D eigenvalue weighted by Gasteiger charge is 2.42. The summed E-state index contributed by atoms with van der Waals surface area (Å²) in [6.45, 7) is 0. The van der Waals surface area contributed by atoms with Crippen LogP contribution in [0.2, 0.25) is 0 Å². The first-order valence-electron chi connectivity index (χ1n) is 9.33. The summed E-state index contributed by atoms with van der Waals surface area (Å²) >= 11 is 0. The van der Waals surface area contributed by atoms with E-state index < -0.39 is 0 Å². The number of benzene rings is 2. The molecular formula is C25H18N2+2. The van der Waals surface area contributed by atoms with Crippen LogP contribution in [0.5, 0.6) is 0 Å². The Labute approximate surface area is 157 Å². The number of fused-ring (bicyclic) bond motifs is 6. The van der Waals surface area contributed by atoms with E-state index in [1.165, 1.54) is 38.8 Å². The van der Waals surface area contributed by atoms with E-state index in [0.29, 0.717) is 0 Å². The molecule has 2 heteroatoms. The summed E-state index contributed by atoms with van der Waals surface area (Å²) < 4.78 is 4.74. The van der Waals surface area contributed by atoms with Gasteiger partial charge in [-0.25, -0.2) is 0 Å². The molecule has 0 aliphatic carbocycles. The zero-order chi connectivity index (χ0) is 17.8. The minimum Gasteiger partial charge on any atom is -0.181 e. The molecule has 0 radical (unpaired) electrons. The standard InChI is InChI=1S/C25H18N2/c1-2-10-19-18(9-1)17-24(26-15-7-5-13-22(19)26)25-21-12-4-3-11-20(21)23-14-6-8-16-27(23)25/h1-17,25H/q+2/t25-/m1/s1. The lowest BCUT2D eigenvalue weighted by atomic mass is 9.98. The molecule has 0 N–H and O–H groups in total. The molecule has 3 aromatic heterocycles. The summed E-state index contributed by atoms with van der Waals surface area (Å²) in [5, 5.41) is 2.56. The zero-order valence-electron chi connectivity index (χ0n) is 14.8. The van der Waals surface area contributed by atoms with Crippen LogP contribution in [0.25, 0.3) is 27.5 Å². The monoisotopic (exact) mass is 346 g/mol. The Morgan fingerprint density at radius 1 is 0.667 bits per heavy atom. The van der Waals surface area contributed by atoms with Crippen LogP contribution in [-0.4, -0.2) is 0 Å². The van der Waals surface area contributed by atoms with Gasteiger partial charge >= 0.3 is 0 Å². The number of rotatable bonds is 1. The Balaban J connectivity index is 1.76. The van der Waals surface area contributed by atoms with E-state index in [1.54, 1.807) is 0 Å². The summed E-state index contributed by atoms with van der Waals surface area (Å²) in [5.74, 6) is 0. The normalized spacial score (nSPS) is 15.0. The zero-order valence-corrected chi connectivity index (χ0v) is 14.8. The highest BCUT2D eigenvalue weighted by atomic mass is 15.1. The van der Waals surface area contributed by atoms with Gasteiger partial charge in [0.1, 0.15) is 0 Å². The number of nitrogens with zero attached hydrogens (tertiary/aromatic N) is 2. The molecular weight excluding hydrogens is 328 g/mol. The number of hydrogen-bond acceptors (Lipinski definition) is 0. The second-order valence-corrected chi connectivity index (χ2v) is 7.10. The van der Waals surface area contributed by atoms with Crippen LogP contribution in [0.15, 0.2) is 103 Å². The van der Waals surface area contributed by atoms with Gasteiger partial charge in [0.15, 0.2) is 12.4 Å². The summed E-state index contributed by atoms with van der Waals surface area (Å²) in [6.07, 6.45) is 4.38. The second kappa shape index (κ2) is 5.49. The van der Waals surface area contributed by atoms with Crippen molar-refractivity contribution in [2.45, 2.75) is 6.04 Å². The third kappa shape index (κ3) is 2.01. The third-order valence-electron chi connectivity index (χ3n) is 5.66. The largest absolute Gasteiger partial charge is 0.268 e. The molecule has 126 valence electrons. The van der Waals surface area contributed by atoms with Gasteiger partial charge in [-0.2, -0.15) is 8.97 Å². The van der Waals surface area contributed by atoms with E-state index in [1.807, 2.05) is 0 Å². The van der Waals surface area contributed by atoms with Crippen LogP contribution in [-0.2, 0) is 0 Å². The Kier molecular flexibility index (Phi) is 2.97. The summed E-state index contributed by atoms with van der Waals surface area (Å²) in [5.41, 5.74) is 6.48. The van der Waals surface area contributed by atoms with Gasteiger partial charge in [0, 0.05) is 35.9 Å². The average molecular weight is 346 g/mol. The fourth-order valence-electron chi connectivity index (χ4n) is 4.51. The molecule has 2 nitrogen and oxygen atoms in total. The molecule has 0 spiro atoms. The molecule has 1 atom stereocenters. The molecule has 0 saturated heterocycles. The van der Waals surface area contributed by atoms with E-state index >= 15 is 0 Å². The minimum atomic E-state index is 0.164. The van der Waals surface area contributed by atoms with E-state index in [0.717, 1.165) is 0 Å². The Morgan fingerprint density at radius 3 is 2.44 bits per heavy atom. The van der Waals surface area contributed by atoms with Gasteiger partial charge < -0.3 is 0 Å². The van der Waals surface area contributed by atoms with Crippen LogP contribution in [0, 0.1) is 0 Å². The highest BCUT2D eigenvalue weighted by molar-refractivity contribution is 5.93. The molecule has 0 fully saturated rings. The van der Waals surface area contributed by atoms with Crippen LogP contribution in [0.4, 0.5) is 0 Å². The van der Waals surface area contributed by atoms with Gasteiger partial charge in [-0.05, 0) is 29.7 Å². The van der Waals surface area contributed by atoms with E-state index in [2.05, 4.69) is 112 Å². The fourth-order valence-corrected chi connectivity index (χ4v) is 4.51. The van der Waals surface area contributed by atoms with Crippen molar-refractivity contribution in [2.75, 3.05) is 0 Å². The first-order valence-corrected chi connectivity index (χ1v) is 9.33. The molecule has 1 aliphatic rings. The maximum atomic E-state index is 2.40. The van der Waals surface area contributed by atoms with Gasteiger partial charge in [0.2, 0.25) is 11.2 Å². The van der Waals surface area contributed by atoms with E-state index in [-0.39, 0.29) is 6.04 Å². The molecule has 0 unspecified atom stereocenters. The summed E-state index contributed by atoms with van der Waals surface area (Å²) in [7, 11) is 0. The molecule has 4 heterocycles. The van der Waals surface area contributed by atoms with E-state index in [4.69, 9.17) is 0 Å². The van der Waals surface area contributed by atoms with Crippen molar-refractivity contribution in [1.29, 1.82) is 0 Å². The summed E-state index contributed by atoms with van der Waals surface area (Å²) in [6, 6.07) is 32.8. The third-order valence-corrected chi connectivity index (χ3v) is 5.66. The maximum absolute atomic E-state index is 2.40. The van der Waals surface area contributed by atoms with Crippen molar-refractivity contribution in [1.82, 2.24) is 0 Å². The Bertz CT molecular complexity index is 1290. The predicted molar refractivity (Wildman–Crippen MR) is 106 cm³/mol. The lowest BCUT2D eigenvalue weighted by molar-refractivity contribution is -0.707. The molecule has 0 saturated carbocycles. The van der Waals surface area contributed by atoms with E-state index in [9.17, 15) is 0 Å². The molecule has 27 heavy (non-hydrogen) atoms. The number of aromatic nitrogens is 2. The molecule has 5 aromatic rings. The second-order valence-electron chi connectivity index (χ2n) is 7.10. The first kappa shape index (κ1) is 14.6. The molecule has 2 aromatic carbocycles. The topological polar surface area (TPSA) is 7.98 Å². The maximum Gasteiger partial charge on any atom is 0.268 e.